The molecule has 1 unspecified atom stereocenters. The van der Waals surface area contributed by atoms with Crippen molar-refractivity contribution in [3.63, 3.8) is 0 Å². The number of urea groups is 1. The number of ether oxygens (including phenoxy) is 1. The van der Waals surface area contributed by atoms with Gasteiger partial charge < -0.3 is 25.4 Å². The van der Waals surface area contributed by atoms with Crippen LogP contribution in [0.5, 0.6) is 0 Å². The molecule has 1 saturated heterocycles. The molecule has 27 heavy (non-hydrogen) atoms. The number of carbonyl (C=O) groups is 1. The topological polar surface area (TPSA) is 73.8 Å². The molecular formula is C20H24FN3O3. The van der Waals surface area contributed by atoms with Crippen LogP contribution in [-0.2, 0) is 4.74 Å². The van der Waals surface area contributed by atoms with Gasteiger partial charge in [-0.25, -0.2) is 9.18 Å². The molecule has 1 heterocycles. The number of carbonyl (C=O) groups excluding carboxylic acids is 1. The molecule has 6 nitrogen and oxygen atoms in total. The van der Waals surface area contributed by atoms with E-state index in [0.29, 0.717) is 18.9 Å². The molecule has 0 radical (unpaired) electrons. The predicted octanol–water partition coefficient (Wildman–Crippen LogP) is 2.83. The molecule has 0 saturated carbocycles. The molecule has 1 fully saturated rings. The molecule has 1 atom stereocenters. The maximum atomic E-state index is 13.7. The number of aryl methyl sites for hydroxylation is 1. The average Bonchev–Trinajstić information content (AvgIpc) is 2.69. The lowest BCUT2D eigenvalue weighted by molar-refractivity contribution is 0.122. The Morgan fingerprint density at radius 1 is 1.26 bits per heavy atom. The van der Waals surface area contributed by atoms with E-state index in [4.69, 9.17) is 4.74 Å². The van der Waals surface area contributed by atoms with Gasteiger partial charge >= 0.3 is 6.03 Å². The van der Waals surface area contributed by atoms with Crippen LogP contribution in [0.1, 0.15) is 17.2 Å². The van der Waals surface area contributed by atoms with Crippen LogP contribution in [0.4, 0.5) is 20.6 Å². The standard InChI is InChI=1S/C20H24FN3O3/c1-14-12-15(24-8-10-27-11-9-24)6-7-18(14)23-20(26)22-13-19(25)16-4-2-3-5-17(16)21/h2-7,12,19,25H,8-11,13H2,1H3,(H2,22,23,26). The molecule has 3 rings (SSSR count). The average molecular weight is 373 g/mol. The molecule has 0 spiro atoms. The highest BCUT2D eigenvalue weighted by Gasteiger charge is 2.15. The molecule has 144 valence electrons. The van der Waals surface area contributed by atoms with Crippen LogP contribution in [0.25, 0.3) is 0 Å². The molecule has 2 aromatic carbocycles. The number of anilines is 2. The molecule has 3 N–H and O–H groups in total. The molecular weight excluding hydrogens is 349 g/mol. The fraction of sp³-hybridized carbons (Fsp3) is 0.350. The second kappa shape index (κ2) is 8.83. The number of amides is 2. The molecule has 1 aliphatic rings. The number of morpholine rings is 1. The molecule has 1 aliphatic heterocycles. The number of hydrogen-bond donors (Lipinski definition) is 3. The number of nitrogens with zero attached hydrogens (tertiary/aromatic N) is 1. The number of rotatable bonds is 5. The normalized spacial score (nSPS) is 15.3. The number of nitrogens with one attached hydrogen (secondary N) is 2. The zero-order chi connectivity index (χ0) is 19.2. The number of halogens is 1. The minimum atomic E-state index is -1.11. The summed E-state index contributed by atoms with van der Waals surface area (Å²) in [5.41, 5.74) is 2.87. The quantitative estimate of drug-likeness (QED) is 0.754. The Hall–Kier alpha value is -2.64. The van der Waals surface area contributed by atoms with E-state index in [1.165, 1.54) is 12.1 Å². The van der Waals surface area contributed by atoms with Crippen molar-refractivity contribution >= 4 is 17.4 Å². The highest BCUT2D eigenvalue weighted by molar-refractivity contribution is 5.90. The van der Waals surface area contributed by atoms with Gasteiger partial charge in [0.2, 0.25) is 0 Å². The summed E-state index contributed by atoms with van der Waals surface area (Å²) in [5.74, 6) is -0.498. The minimum Gasteiger partial charge on any atom is -0.386 e. The third kappa shape index (κ3) is 4.96. The maximum Gasteiger partial charge on any atom is 0.319 e. The number of hydrogen-bond acceptors (Lipinski definition) is 4. The van der Waals surface area contributed by atoms with Crippen LogP contribution in [0.2, 0.25) is 0 Å². The number of aliphatic hydroxyl groups is 1. The predicted molar refractivity (Wildman–Crippen MR) is 103 cm³/mol. The monoisotopic (exact) mass is 373 g/mol. The van der Waals surface area contributed by atoms with E-state index in [-0.39, 0.29) is 12.1 Å². The van der Waals surface area contributed by atoms with Gasteiger partial charge in [0.15, 0.2) is 0 Å². The summed E-state index contributed by atoms with van der Waals surface area (Å²) >= 11 is 0. The molecule has 0 aliphatic carbocycles. The van der Waals surface area contributed by atoms with Gasteiger partial charge in [-0.3, -0.25) is 0 Å². The van der Waals surface area contributed by atoms with Crippen LogP contribution in [0, 0.1) is 12.7 Å². The SMILES string of the molecule is Cc1cc(N2CCOCC2)ccc1NC(=O)NCC(O)c1ccccc1F. The van der Waals surface area contributed by atoms with E-state index < -0.39 is 18.0 Å². The van der Waals surface area contributed by atoms with Gasteiger partial charge in [-0.2, -0.15) is 0 Å². The zero-order valence-corrected chi connectivity index (χ0v) is 15.2. The Balaban J connectivity index is 1.55. The summed E-state index contributed by atoms with van der Waals surface area (Å²) in [6, 6.07) is 11.3. The van der Waals surface area contributed by atoms with E-state index in [0.717, 1.165) is 24.3 Å². The van der Waals surface area contributed by atoms with Gasteiger partial charge in [0.25, 0.3) is 0 Å². The van der Waals surface area contributed by atoms with Gasteiger partial charge in [-0.05, 0) is 36.8 Å². The van der Waals surface area contributed by atoms with Crippen LogP contribution in [0.15, 0.2) is 42.5 Å². The van der Waals surface area contributed by atoms with Crippen LogP contribution in [0.3, 0.4) is 0 Å². The third-order valence-electron chi connectivity index (χ3n) is 4.55. The summed E-state index contributed by atoms with van der Waals surface area (Å²) in [4.78, 5) is 14.4. The molecule has 2 amide bonds. The summed E-state index contributed by atoms with van der Waals surface area (Å²) in [5, 5.41) is 15.4. The van der Waals surface area contributed by atoms with Gasteiger partial charge in [0, 0.05) is 36.6 Å². The van der Waals surface area contributed by atoms with E-state index >= 15 is 0 Å². The van der Waals surface area contributed by atoms with E-state index in [2.05, 4.69) is 15.5 Å². The van der Waals surface area contributed by atoms with Gasteiger partial charge in [-0.1, -0.05) is 18.2 Å². The van der Waals surface area contributed by atoms with Gasteiger partial charge in [-0.15, -0.1) is 0 Å². The smallest absolute Gasteiger partial charge is 0.319 e. The van der Waals surface area contributed by atoms with Crippen LogP contribution >= 0.6 is 0 Å². The van der Waals surface area contributed by atoms with Crippen molar-refractivity contribution in [1.82, 2.24) is 5.32 Å². The Bertz CT molecular complexity index is 794. The first-order valence-electron chi connectivity index (χ1n) is 8.95. The van der Waals surface area contributed by atoms with Crippen LogP contribution < -0.4 is 15.5 Å². The number of aliphatic hydroxyl groups excluding tert-OH is 1. The summed E-state index contributed by atoms with van der Waals surface area (Å²) < 4.78 is 19.0. The second-order valence-electron chi connectivity index (χ2n) is 6.47. The van der Waals surface area contributed by atoms with Crippen molar-refractivity contribution in [3.05, 3.63) is 59.4 Å². The summed E-state index contributed by atoms with van der Waals surface area (Å²) in [7, 11) is 0. The summed E-state index contributed by atoms with van der Waals surface area (Å²) in [6.45, 7) is 4.96. The van der Waals surface area contributed by atoms with Gasteiger partial charge in [0.05, 0.1) is 19.3 Å². The van der Waals surface area contributed by atoms with E-state index in [1.807, 2.05) is 25.1 Å². The highest BCUT2D eigenvalue weighted by Crippen LogP contribution is 2.23. The first kappa shape index (κ1) is 19.1. The molecule has 2 aromatic rings. The van der Waals surface area contributed by atoms with Crippen molar-refractivity contribution in [2.75, 3.05) is 43.1 Å². The Labute approximate surface area is 157 Å². The van der Waals surface area contributed by atoms with Crippen molar-refractivity contribution in [3.8, 4) is 0 Å². The Kier molecular flexibility index (Phi) is 6.26. The molecule has 7 heteroatoms. The minimum absolute atomic E-state index is 0.0856. The summed E-state index contributed by atoms with van der Waals surface area (Å²) in [6.07, 6.45) is -1.11. The Morgan fingerprint density at radius 2 is 2.00 bits per heavy atom. The lowest BCUT2D eigenvalue weighted by atomic mass is 10.1. The van der Waals surface area contributed by atoms with Crippen molar-refractivity contribution in [1.29, 1.82) is 0 Å². The fourth-order valence-corrected chi connectivity index (χ4v) is 3.02. The largest absolute Gasteiger partial charge is 0.386 e. The first-order valence-corrected chi connectivity index (χ1v) is 8.95. The van der Waals surface area contributed by atoms with Crippen molar-refractivity contribution in [2.24, 2.45) is 0 Å². The van der Waals surface area contributed by atoms with Gasteiger partial charge in [0.1, 0.15) is 5.82 Å². The first-order chi connectivity index (χ1) is 13.0. The van der Waals surface area contributed by atoms with E-state index in [9.17, 15) is 14.3 Å². The lowest BCUT2D eigenvalue weighted by Gasteiger charge is -2.29. The van der Waals surface area contributed by atoms with E-state index in [1.54, 1.807) is 12.1 Å². The highest BCUT2D eigenvalue weighted by atomic mass is 19.1. The molecule has 0 aromatic heterocycles. The van der Waals surface area contributed by atoms with Crippen LogP contribution in [-0.4, -0.2) is 44.0 Å². The number of benzene rings is 2. The zero-order valence-electron chi connectivity index (χ0n) is 15.2. The maximum absolute atomic E-state index is 13.7. The third-order valence-corrected chi connectivity index (χ3v) is 4.55. The van der Waals surface area contributed by atoms with Crippen molar-refractivity contribution < 1.29 is 19.0 Å². The second-order valence-corrected chi connectivity index (χ2v) is 6.47. The van der Waals surface area contributed by atoms with Crippen molar-refractivity contribution in [2.45, 2.75) is 13.0 Å². The lowest BCUT2D eigenvalue weighted by Crippen LogP contribution is -2.36. The fourth-order valence-electron chi connectivity index (χ4n) is 3.02. The Morgan fingerprint density at radius 3 is 2.70 bits per heavy atom. The molecule has 0 bridgehead atoms.